The van der Waals surface area contributed by atoms with Gasteiger partial charge in [0.15, 0.2) is 18.9 Å². The Morgan fingerprint density at radius 1 is 0.925 bits per heavy atom. The van der Waals surface area contributed by atoms with E-state index in [-0.39, 0.29) is 39.8 Å². The van der Waals surface area contributed by atoms with E-state index in [1.165, 1.54) is 37.7 Å². The quantitative estimate of drug-likeness (QED) is 0.317. The van der Waals surface area contributed by atoms with Crippen molar-refractivity contribution >= 4 is 0 Å². The molecule has 5 fully saturated rings. The maximum absolute atomic E-state index is 11.0. The Bertz CT molecular complexity index is 1150. The van der Waals surface area contributed by atoms with Crippen LogP contribution in [-0.2, 0) is 13.2 Å². The topological polar surface area (TPSA) is 77.5 Å². The molecule has 5 heteroatoms. The molecule has 40 heavy (non-hydrogen) atoms. The Hall–Kier alpha value is -1.30. The molecule has 0 bridgehead atoms. The molecule has 1 heterocycles. The third kappa shape index (κ3) is 3.82. The van der Waals surface area contributed by atoms with E-state index in [0.717, 1.165) is 38.6 Å². The maximum atomic E-state index is 11.0. The van der Waals surface area contributed by atoms with Crippen molar-refractivity contribution in [1.82, 2.24) is 4.98 Å². The van der Waals surface area contributed by atoms with Gasteiger partial charge >= 0.3 is 0 Å². The van der Waals surface area contributed by atoms with Gasteiger partial charge in [-0.15, -0.1) is 0 Å². The standard InChI is InChI=1S/C35H55N2O3/c1-23(19-37-18-17-36-24(20-37)21-38)25-9-14-35(22-39)16-15-33(5)26(30(25)35)7-8-28-32(4)12-11-29(40)31(2,3)27(32)10-13-34(28,33)6/h17-18,20,25-30,38-40H,1,7-16,19,21-22H2,2-6H3/q+1/t25?,26?,27?,28?,29-,30?,32-,33+,34+,35+/m0/s1. The first-order valence-electron chi connectivity index (χ1n) is 16.3. The highest BCUT2D eigenvalue weighted by Gasteiger charge is 2.70. The number of aromatic nitrogens is 2. The van der Waals surface area contributed by atoms with Crippen LogP contribution >= 0.6 is 0 Å². The predicted molar refractivity (Wildman–Crippen MR) is 157 cm³/mol. The molecule has 5 unspecified atom stereocenters. The summed E-state index contributed by atoms with van der Waals surface area (Å²) in [5.74, 6) is 2.79. The van der Waals surface area contributed by atoms with Crippen molar-refractivity contribution < 1.29 is 19.9 Å². The van der Waals surface area contributed by atoms with Crippen molar-refractivity contribution in [2.45, 2.75) is 118 Å². The molecule has 5 nitrogen and oxygen atoms in total. The molecule has 0 saturated heterocycles. The summed E-state index contributed by atoms with van der Waals surface area (Å²) in [4.78, 5) is 4.26. The number of hydrogen-bond donors (Lipinski definition) is 3. The first-order valence-corrected chi connectivity index (χ1v) is 16.3. The van der Waals surface area contributed by atoms with Crippen molar-refractivity contribution in [3.63, 3.8) is 0 Å². The summed E-state index contributed by atoms with van der Waals surface area (Å²) >= 11 is 0. The fourth-order valence-electron chi connectivity index (χ4n) is 12.5. The van der Waals surface area contributed by atoms with Gasteiger partial charge in [0.1, 0.15) is 5.69 Å². The molecule has 6 rings (SSSR count). The first-order chi connectivity index (χ1) is 18.9. The normalized spacial score (nSPS) is 47.5. The lowest BCUT2D eigenvalue weighted by molar-refractivity contribution is -0.690. The second-order valence-electron chi connectivity index (χ2n) is 16.3. The first kappa shape index (κ1) is 28.8. The van der Waals surface area contributed by atoms with Crippen molar-refractivity contribution in [1.29, 1.82) is 0 Å². The van der Waals surface area contributed by atoms with Crippen LogP contribution in [0.5, 0.6) is 0 Å². The summed E-state index contributed by atoms with van der Waals surface area (Å²) < 4.78 is 2.13. The van der Waals surface area contributed by atoms with Gasteiger partial charge in [0.05, 0.1) is 18.9 Å². The molecule has 1 aromatic rings. The van der Waals surface area contributed by atoms with Crippen molar-refractivity contribution in [3.8, 4) is 0 Å². The van der Waals surface area contributed by atoms with Crippen LogP contribution in [0.4, 0.5) is 0 Å². The molecule has 0 amide bonds. The molecule has 5 saturated carbocycles. The molecule has 222 valence electrons. The number of aliphatic hydroxyl groups excluding tert-OH is 3. The van der Waals surface area contributed by atoms with Gasteiger partial charge < -0.3 is 15.3 Å². The van der Waals surface area contributed by atoms with Gasteiger partial charge in [0, 0.05) is 6.61 Å². The van der Waals surface area contributed by atoms with Gasteiger partial charge in [0.2, 0.25) is 0 Å². The van der Waals surface area contributed by atoms with E-state index in [1.807, 2.05) is 12.4 Å². The minimum atomic E-state index is -0.182. The van der Waals surface area contributed by atoms with E-state index in [1.54, 1.807) is 6.20 Å². The largest absolute Gasteiger partial charge is 0.396 e. The third-order valence-electron chi connectivity index (χ3n) is 14.8. The van der Waals surface area contributed by atoms with Crippen LogP contribution in [0.15, 0.2) is 30.7 Å². The zero-order valence-electron chi connectivity index (χ0n) is 25.8. The Balaban J connectivity index is 1.33. The molecule has 10 atom stereocenters. The Morgan fingerprint density at radius 2 is 1.70 bits per heavy atom. The van der Waals surface area contributed by atoms with E-state index in [9.17, 15) is 15.3 Å². The van der Waals surface area contributed by atoms with Gasteiger partial charge in [-0.3, -0.25) is 0 Å². The molecular formula is C35H55N2O3+. The van der Waals surface area contributed by atoms with E-state index in [4.69, 9.17) is 0 Å². The van der Waals surface area contributed by atoms with E-state index < -0.39 is 0 Å². The average Bonchev–Trinajstić information content (AvgIpc) is 3.32. The Morgan fingerprint density at radius 3 is 2.42 bits per heavy atom. The average molecular weight is 552 g/mol. The molecule has 0 aliphatic heterocycles. The Labute approximate surface area is 242 Å². The van der Waals surface area contributed by atoms with Gasteiger partial charge in [-0.2, -0.15) is 4.57 Å². The molecule has 5 aliphatic rings. The second kappa shape index (κ2) is 9.61. The summed E-state index contributed by atoms with van der Waals surface area (Å²) in [6.07, 6.45) is 17.3. The smallest absolute Gasteiger partial charge is 0.193 e. The zero-order chi connectivity index (χ0) is 28.7. The number of aliphatic hydroxyl groups is 3. The maximum Gasteiger partial charge on any atom is 0.193 e. The number of fused-ring (bicyclic) bond motifs is 7. The van der Waals surface area contributed by atoms with Crippen LogP contribution in [0.1, 0.15) is 105 Å². The monoisotopic (exact) mass is 551 g/mol. The number of hydrogen-bond acceptors (Lipinski definition) is 4. The number of nitrogens with zero attached hydrogens (tertiary/aromatic N) is 2. The summed E-state index contributed by atoms with van der Waals surface area (Å²) in [7, 11) is 0. The van der Waals surface area contributed by atoms with Gasteiger partial charge in [-0.05, 0) is 126 Å². The second-order valence-corrected chi connectivity index (χ2v) is 16.3. The fourth-order valence-corrected chi connectivity index (χ4v) is 12.5. The van der Waals surface area contributed by atoms with Gasteiger partial charge in [-0.25, -0.2) is 4.98 Å². The fraction of sp³-hybridized carbons (Fsp3) is 0.829. The van der Waals surface area contributed by atoms with Crippen LogP contribution in [0, 0.1) is 56.7 Å². The third-order valence-corrected chi connectivity index (χ3v) is 14.8. The van der Waals surface area contributed by atoms with E-state index in [0.29, 0.717) is 41.9 Å². The SMILES string of the molecule is C=C(C[n+]1ccnc(CO)c1)C1CC[C@]2(CO)CC[C@]3(C)C(CCC4[C@@]5(C)CC[C@H](O)C(C)(C)C5CC[C@]43C)C12. The predicted octanol–water partition coefficient (Wildman–Crippen LogP) is 5.85. The zero-order valence-corrected chi connectivity index (χ0v) is 25.8. The highest BCUT2D eigenvalue weighted by molar-refractivity contribution is 5.21. The van der Waals surface area contributed by atoms with Gasteiger partial charge in [-0.1, -0.05) is 41.2 Å². The van der Waals surface area contributed by atoms with Crippen molar-refractivity contribution in [2.24, 2.45) is 56.7 Å². The van der Waals surface area contributed by atoms with E-state index >= 15 is 0 Å². The summed E-state index contributed by atoms with van der Waals surface area (Å²) in [6.45, 7) is 18.3. The number of rotatable bonds is 5. The summed E-state index contributed by atoms with van der Waals surface area (Å²) in [5.41, 5.74) is 2.80. The van der Waals surface area contributed by atoms with Crippen LogP contribution in [0.2, 0.25) is 0 Å². The molecule has 0 radical (unpaired) electrons. The molecule has 3 N–H and O–H groups in total. The molecule has 1 aromatic heterocycles. The van der Waals surface area contributed by atoms with Gasteiger partial charge in [0.25, 0.3) is 0 Å². The summed E-state index contributed by atoms with van der Waals surface area (Å²) in [5, 5.41) is 31.6. The minimum absolute atomic E-state index is 0.0144. The summed E-state index contributed by atoms with van der Waals surface area (Å²) in [6, 6.07) is 0. The highest BCUT2D eigenvalue weighted by Crippen LogP contribution is 2.77. The lowest BCUT2D eigenvalue weighted by Crippen LogP contribution is -2.66. The van der Waals surface area contributed by atoms with Crippen molar-refractivity contribution in [2.75, 3.05) is 6.61 Å². The van der Waals surface area contributed by atoms with Crippen molar-refractivity contribution in [3.05, 3.63) is 36.4 Å². The van der Waals surface area contributed by atoms with E-state index in [2.05, 4.69) is 50.7 Å². The van der Waals surface area contributed by atoms with Crippen LogP contribution in [-0.4, -0.2) is 33.0 Å². The van der Waals surface area contributed by atoms with Crippen LogP contribution in [0.25, 0.3) is 0 Å². The lowest BCUT2D eigenvalue weighted by atomic mass is 9.32. The lowest BCUT2D eigenvalue weighted by Gasteiger charge is -2.73. The molecular weight excluding hydrogens is 496 g/mol. The molecule has 5 aliphatic carbocycles. The Kier molecular flexibility index (Phi) is 6.92. The van der Waals surface area contributed by atoms with Crippen LogP contribution in [0.3, 0.4) is 0 Å². The highest BCUT2D eigenvalue weighted by atomic mass is 16.3. The molecule has 0 spiro atoms. The van der Waals surface area contributed by atoms with Crippen LogP contribution < -0.4 is 4.57 Å². The minimum Gasteiger partial charge on any atom is -0.396 e. The number of allylic oxidation sites excluding steroid dienone is 1. The molecule has 0 aromatic carbocycles.